The molecule has 2 rings (SSSR count). The van der Waals surface area contributed by atoms with Gasteiger partial charge in [0.15, 0.2) is 5.82 Å². The van der Waals surface area contributed by atoms with E-state index in [0.717, 1.165) is 5.56 Å². The average Bonchev–Trinajstić information content (AvgIpc) is 2.56. The van der Waals surface area contributed by atoms with Gasteiger partial charge in [-0.25, -0.2) is 0 Å². The Morgan fingerprint density at radius 3 is 2.57 bits per heavy atom. The molecule has 0 unspecified atom stereocenters. The molecule has 1 aromatic heterocycles. The summed E-state index contributed by atoms with van der Waals surface area (Å²) in [4.78, 5) is 4.09. The Kier molecular flexibility index (Phi) is 2.18. The predicted molar refractivity (Wildman–Crippen MR) is 49.9 cm³/mol. The maximum Gasteiger partial charge on any atom is 0.223 e. The van der Waals surface area contributed by atoms with Crippen LogP contribution in [0.25, 0.3) is 0 Å². The maximum atomic E-state index is 9.08. The molecule has 0 bridgehead atoms. The number of benzene rings is 1. The van der Waals surface area contributed by atoms with Crippen LogP contribution >= 0.6 is 0 Å². The second-order valence-corrected chi connectivity index (χ2v) is 3.07. The van der Waals surface area contributed by atoms with E-state index in [1.54, 1.807) is 19.1 Å². The molecule has 72 valence electrons. The van der Waals surface area contributed by atoms with Gasteiger partial charge in [0.25, 0.3) is 0 Å². The largest absolute Gasteiger partial charge is 0.508 e. The van der Waals surface area contributed by atoms with Gasteiger partial charge in [0.1, 0.15) is 5.75 Å². The molecule has 1 N–H and O–H groups in total. The monoisotopic (exact) mass is 190 g/mol. The Hall–Kier alpha value is -1.84. The van der Waals surface area contributed by atoms with Gasteiger partial charge >= 0.3 is 0 Å². The van der Waals surface area contributed by atoms with E-state index in [9.17, 15) is 0 Å². The zero-order valence-electron chi connectivity index (χ0n) is 7.77. The van der Waals surface area contributed by atoms with Crippen LogP contribution in [0.2, 0.25) is 0 Å². The van der Waals surface area contributed by atoms with E-state index in [1.807, 2.05) is 12.1 Å². The lowest BCUT2D eigenvalue weighted by atomic mass is 10.1. The number of hydrogen-bond donors (Lipinski definition) is 1. The first-order chi connectivity index (χ1) is 6.74. The fourth-order valence-corrected chi connectivity index (χ4v) is 1.21. The van der Waals surface area contributed by atoms with Gasteiger partial charge in [0.2, 0.25) is 5.89 Å². The molecule has 4 nitrogen and oxygen atoms in total. The summed E-state index contributed by atoms with van der Waals surface area (Å²) in [7, 11) is 0. The first-order valence-electron chi connectivity index (χ1n) is 4.31. The molecule has 2 aromatic rings. The normalized spacial score (nSPS) is 10.4. The number of aryl methyl sites for hydroxylation is 1. The average molecular weight is 190 g/mol. The Bertz CT molecular complexity index is 420. The molecule has 0 atom stereocenters. The highest BCUT2D eigenvalue weighted by Gasteiger charge is 2.03. The van der Waals surface area contributed by atoms with Crippen LogP contribution < -0.4 is 0 Å². The lowest BCUT2D eigenvalue weighted by Crippen LogP contribution is -1.89. The molecule has 1 heterocycles. The smallest absolute Gasteiger partial charge is 0.223 e. The highest BCUT2D eigenvalue weighted by Crippen LogP contribution is 2.12. The van der Waals surface area contributed by atoms with Gasteiger partial charge in [-0.1, -0.05) is 17.3 Å². The SMILES string of the molecule is Cc1nc(Cc2ccc(O)cc2)no1. The third-order valence-corrected chi connectivity index (χ3v) is 1.87. The van der Waals surface area contributed by atoms with E-state index >= 15 is 0 Å². The topological polar surface area (TPSA) is 59.2 Å². The number of phenols is 1. The van der Waals surface area contributed by atoms with E-state index in [4.69, 9.17) is 9.63 Å². The molecule has 0 amide bonds. The van der Waals surface area contributed by atoms with Gasteiger partial charge < -0.3 is 9.63 Å². The van der Waals surface area contributed by atoms with E-state index < -0.39 is 0 Å². The fourth-order valence-electron chi connectivity index (χ4n) is 1.21. The van der Waals surface area contributed by atoms with Crippen molar-refractivity contribution >= 4 is 0 Å². The molecular weight excluding hydrogens is 180 g/mol. The minimum Gasteiger partial charge on any atom is -0.508 e. The van der Waals surface area contributed by atoms with Crippen LogP contribution in [0.4, 0.5) is 0 Å². The molecule has 0 fully saturated rings. The quantitative estimate of drug-likeness (QED) is 0.782. The van der Waals surface area contributed by atoms with Crippen molar-refractivity contribution in [2.24, 2.45) is 0 Å². The summed E-state index contributed by atoms with van der Waals surface area (Å²) >= 11 is 0. The third kappa shape index (κ3) is 1.90. The molecule has 0 radical (unpaired) electrons. The van der Waals surface area contributed by atoms with Crippen LogP contribution in [-0.2, 0) is 6.42 Å². The van der Waals surface area contributed by atoms with Crippen LogP contribution in [0.5, 0.6) is 5.75 Å². The van der Waals surface area contributed by atoms with Crippen molar-refractivity contribution in [3.05, 3.63) is 41.5 Å². The van der Waals surface area contributed by atoms with Crippen molar-refractivity contribution in [3.63, 3.8) is 0 Å². The van der Waals surface area contributed by atoms with Crippen molar-refractivity contribution in [3.8, 4) is 5.75 Å². The maximum absolute atomic E-state index is 9.08. The van der Waals surface area contributed by atoms with E-state index in [2.05, 4.69) is 10.1 Å². The second-order valence-electron chi connectivity index (χ2n) is 3.07. The Morgan fingerprint density at radius 1 is 1.29 bits per heavy atom. The van der Waals surface area contributed by atoms with Gasteiger partial charge in [0.05, 0.1) is 0 Å². The summed E-state index contributed by atoms with van der Waals surface area (Å²) in [6.07, 6.45) is 0.623. The summed E-state index contributed by atoms with van der Waals surface area (Å²) in [5.41, 5.74) is 1.05. The number of aromatic nitrogens is 2. The first kappa shape index (κ1) is 8.74. The standard InChI is InChI=1S/C10H10N2O2/c1-7-11-10(12-14-7)6-8-2-4-9(13)5-3-8/h2-5,13H,6H2,1H3. The van der Waals surface area contributed by atoms with Crippen molar-refractivity contribution in [2.75, 3.05) is 0 Å². The molecule has 1 aromatic carbocycles. The minimum atomic E-state index is 0.262. The molecule has 0 saturated heterocycles. The van der Waals surface area contributed by atoms with Crippen LogP contribution in [0, 0.1) is 6.92 Å². The number of phenolic OH excluding ortho intramolecular Hbond substituents is 1. The number of nitrogens with zero attached hydrogens (tertiary/aromatic N) is 2. The Labute approximate surface area is 81.2 Å². The van der Waals surface area contributed by atoms with Crippen molar-refractivity contribution in [2.45, 2.75) is 13.3 Å². The zero-order valence-corrected chi connectivity index (χ0v) is 7.77. The number of hydrogen-bond acceptors (Lipinski definition) is 4. The molecule has 0 aliphatic rings. The van der Waals surface area contributed by atoms with Gasteiger partial charge in [-0.2, -0.15) is 4.98 Å². The molecule has 14 heavy (non-hydrogen) atoms. The summed E-state index contributed by atoms with van der Waals surface area (Å²) < 4.78 is 4.85. The first-order valence-corrected chi connectivity index (χ1v) is 4.31. The van der Waals surface area contributed by atoms with Crippen molar-refractivity contribution in [1.29, 1.82) is 0 Å². The van der Waals surface area contributed by atoms with Crippen LogP contribution in [-0.4, -0.2) is 15.2 Å². The Balaban J connectivity index is 2.15. The van der Waals surface area contributed by atoms with Gasteiger partial charge in [-0.15, -0.1) is 0 Å². The van der Waals surface area contributed by atoms with Crippen LogP contribution in [0.1, 0.15) is 17.3 Å². The third-order valence-electron chi connectivity index (χ3n) is 1.87. The molecule has 0 spiro atoms. The van der Waals surface area contributed by atoms with Gasteiger partial charge in [-0.05, 0) is 17.7 Å². The van der Waals surface area contributed by atoms with Crippen molar-refractivity contribution in [1.82, 2.24) is 10.1 Å². The number of aromatic hydroxyl groups is 1. The molecule has 0 aliphatic carbocycles. The van der Waals surface area contributed by atoms with Crippen LogP contribution in [0.3, 0.4) is 0 Å². The highest BCUT2D eigenvalue weighted by molar-refractivity contribution is 5.27. The highest BCUT2D eigenvalue weighted by atomic mass is 16.5. The zero-order chi connectivity index (χ0) is 9.97. The van der Waals surface area contributed by atoms with E-state index in [0.29, 0.717) is 18.1 Å². The molecule has 0 saturated carbocycles. The number of rotatable bonds is 2. The predicted octanol–water partition coefficient (Wildman–Crippen LogP) is 1.67. The summed E-state index contributed by atoms with van der Waals surface area (Å²) in [6, 6.07) is 6.95. The van der Waals surface area contributed by atoms with E-state index in [-0.39, 0.29) is 5.75 Å². The summed E-state index contributed by atoms with van der Waals surface area (Å²) in [6.45, 7) is 1.76. The van der Waals surface area contributed by atoms with Crippen LogP contribution in [0.15, 0.2) is 28.8 Å². The minimum absolute atomic E-state index is 0.262. The lowest BCUT2D eigenvalue weighted by Gasteiger charge is -1.96. The molecular formula is C10H10N2O2. The molecule has 4 heteroatoms. The summed E-state index contributed by atoms with van der Waals surface area (Å²) in [5.74, 6) is 1.49. The lowest BCUT2D eigenvalue weighted by molar-refractivity contribution is 0.388. The fraction of sp³-hybridized carbons (Fsp3) is 0.200. The van der Waals surface area contributed by atoms with E-state index in [1.165, 1.54) is 0 Å². The Morgan fingerprint density at radius 2 is 2.00 bits per heavy atom. The second kappa shape index (κ2) is 3.49. The summed E-state index contributed by atoms with van der Waals surface area (Å²) in [5, 5.41) is 12.9. The van der Waals surface area contributed by atoms with Gasteiger partial charge in [-0.3, -0.25) is 0 Å². The van der Waals surface area contributed by atoms with Gasteiger partial charge in [0, 0.05) is 13.3 Å². The van der Waals surface area contributed by atoms with Crippen molar-refractivity contribution < 1.29 is 9.63 Å². The molecule has 0 aliphatic heterocycles.